The van der Waals surface area contributed by atoms with Crippen LogP contribution >= 0.6 is 0 Å². The van der Waals surface area contributed by atoms with E-state index in [-0.39, 0.29) is 17.5 Å². The zero-order valence-electron chi connectivity index (χ0n) is 28.0. The number of fused-ring (bicyclic) bond motifs is 7. The van der Waals surface area contributed by atoms with Gasteiger partial charge in [-0.1, -0.05) is 42.5 Å². The van der Waals surface area contributed by atoms with E-state index in [2.05, 4.69) is 11.8 Å². The maximum absolute atomic E-state index is 15.2. The number of carboxylic acids is 1. The van der Waals surface area contributed by atoms with Crippen LogP contribution in [0.5, 0.6) is 5.75 Å². The van der Waals surface area contributed by atoms with Gasteiger partial charge in [-0.25, -0.2) is 14.2 Å². The van der Waals surface area contributed by atoms with E-state index < -0.39 is 23.5 Å². The van der Waals surface area contributed by atoms with E-state index in [1.165, 1.54) is 6.07 Å². The molecule has 3 aliphatic rings. The molecule has 1 saturated heterocycles. The molecule has 4 aromatic rings. The van der Waals surface area contributed by atoms with Gasteiger partial charge in [0.05, 0.1) is 29.6 Å². The number of hydrogen-bond donors (Lipinski definition) is 1. The van der Waals surface area contributed by atoms with Crippen molar-refractivity contribution in [2.24, 2.45) is 0 Å². The van der Waals surface area contributed by atoms with E-state index in [1.807, 2.05) is 93.8 Å². The maximum Gasteiger partial charge on any atom is 0.337 e. The van der Waals surface area contributed by atoms with Crippen molar-refractivity contribution in [1.82, 2.24) is 9.38 Å². The molecule has 9 heteroatoms. The number of carbonyl (C=O) groups is 1. The second-order valence-electron chi connectivity index (χ2n) is 13.9. The van der Waals surface area contributed by atoms with Crippen LogP contribution in [0.4, 0.5) is 10.2 Å². The first kappa shape index (κ1) is 32.7. The number of rotatable bonds is 3. The molecule has 0 unspecified atom stereocenters. The molecule has 2 atom stereocenters. The average molecular weight is 642 g/mol. The van der Waals surface area contributed by atoms with Crippen molar-refractivity contribution in [1.29, 1.82) is 0 Å². The number of ether oxygens (including phenoxy) is 3. The van der Waals surface area contributed by atoms with Gasteiger partial charge < -0.3 is 24.2 Å². The lowest BCUT2D eigenvalue weighted by Crippen LogP contribution is -2.45. The molecule has 1 N–H and O–H groups in total. The molecule has 0 saturated carbocycles. The quantitative estimate of drug-likeness (QED) is 0.226. The summed E-state index contributed by atoms with van der Waals surface area (Å²) in [6.45, 7) is 13.4. The van der Waals surface area contributed by atoms with Gasteiger partial charge in [0.15, 0.2) is 17.7 Å². The molecule has 8 nitrogen and oxygen atoms in total. The summed E-state index contributed by atoms with van der Waals surface area (Å²) in [6.07, 6.45) is 6.66. The molecule has 2 aromatic heterocycles. The Labute approximate surface area is 275 Å². The Morgan fingerprint density at radius 2 is 1.83 bits per heavy atom. The summed E-state index contributed by atoms with van der Waals surface area (Å²) >= 11 is 0. The largest absolute Gasteiger partial charge is 0.487 e. The number of pyridine rings is 1. The van der Waals surface area contributed by atoms with Crippen molar-refractivity contribution < 1.29 is 28.5 Å². The number of aromatic nitrogens is 2. The number of benzene rings is 2. The number of piperidine rings is 1. The fourth-order valence-corrected chi connectivity index (χ4v) is 6.51. The minimum Gasteiger partial charge on any atom is -0.487 e. The van der Waals surface area contributed by atoms with Crippen molar-refractivity contribution in [2.45, 2.75) is 84.2 Å². The van der Waals surface area contributed by atoms with Crippen molar-refractivity contribution in [3.05, 3.63) is 83.8 Å². The van der Waals surface area contributed by atoms with Crippen molar-refractivity contribution >= 4 is 17.4 Å². The highest BCUT2D eigenvalue weighted by molar-refractivity contribution is 5.80. The van der Waals surface area contributed by atoms with Crippen molar-refractivity contribution in [2.75, 3.05) is 24.6 Å². The number of hydrogen-bond acceptors (Lipinski definition) is 6. The molecule has 0 radical (unpaired) electrons. The Morgan fingerprint density at radius 1 is 1.11 bits per heavy atom. The third kappa shape index (κ3) is 6.92. The van der Waals surface area contributed by atoms with Gasteiger partial charge in [-0.15, -0.1) is 0 Å². The molecule has 0 aliphatic carbocycles. The first-order valence-electron chi connectivity index (χ1n) is 16.3. The predicted octanol–water partition coefficient (Wildman–Crippen LogP) is 8.16. The molecular formula is C38H44FN3O5. The van der Waals surface area contributed by atoms with E-state index in [9.17, 15) is 9.90 Å². The van der Waals surface area contributed by atoms with Crippen molar-refractivity contribution in [3.8, 4) is 28.1 Å². The van der Waals surface area contributed by atoms with Crippen LogP contribution in [0.1, 0.15) is 71.1 Å². The number of halogens is 1. The Bertz CT molecular complexity index is 1820. The minimum atomic E-state index is -1.18. The lowest BCUT2D eigenvalue weighted by Gasteiger charge is -2.41. The second kappa shape index (κ2) is 12.8. The smallest absolute Gasteiger partial charge is 0.337 e. The Hall–Kier alpha value is -4.21. The summed E-state index contributed by atoms with van der Waals surface area (Å²) in [7, 11) is 0. The van der Waals surface area contributed by atoms with Crippen LogP contribution in [0.3, 0.4) is 0 Å². The molecule has 1 fully saturated rings. The first-order chi connectivity index (χ1) is 22.3. The summed E-state index contributed by atoms with van der Waals surface area (Å²) in [5.41, 5.74) is 4.09. The molecule has 2 aromatic carbocycles. The third-order valence-electron chi connectivity index (χ3n) is 8.97. The van der Waals surface area contributed by atoms with Crippen LogP contribution in [0, 0.1) is 12.7 Å². The molecular weight excluding hydrogens is 597 g/mol. The zero-order valence-corrected chi connectivity index (χ0v) is 28.0. The fraction of sp³-hybridized carbons (Fsp3) is 0.421. The lowest BCUT2D eigenvalue weighted by atomic mass is 9.92. The summed E-state index contributed by atoms with van der Waals surface area (Å²) in [5.74, 6) is -0.488. The van der Waals surface area contributed by atoms with Crippen LogP contribution in [-0.4, -0.2) is 57.5 Å². The minimum absolute atomic E-state index is 0.213. The van der Waals surface area contributed by atoms with E-state index in [0.717, 1.165) is 35.3 Å². The third-order valence-corrected chi connectivity index (χ3v) is 8.97. The molecule has 0 spiro atoms. The monoisotopic (exact) mass is 641 g/mol. The highest BCUT2D eigenvalue weighted by atomic mass is 19.1. The van der Waals surface area contributed by atoms with Crippen LogP contribution in [0.15, 0.2) is 66.9 Å². The van der Waals surface area contributed by atoms with Crippen LogP contribution in [0.2, 0.25) is 0 Å². The number of aliphatic carboxylic acids is 1. The van der Waals surface area contributed by atoms with Gasteiger partial charge in [0.1, 0.15) is 11.5 Å². The molecule has 0 amide bonds. The van der Waals surface area contributed by atoms with Gasteiger partial charge in [0.25, 0.3) is 0 Å². The number of anilines is 1. The Morgan fingerprint density at radius 3 is 2.55 bits per heavy atom. The van der Waals surface area contributed by atoms with Crippen molar-refractivity contribution in [3.63, 3.8) is 0 Å². The summed E-state index contributed by atoms with van der Waals surface area (Å²) in [4.78, 5) is 20.1. The van der Waals surface area contributed by atoms with Crippen LogP contribution in [-0.2, 0) is 14.3 Å². The standard InChI is InChI=1S/C38H44FN3O5/c1-24-21-31-40-30-23-42(31)35(32(24)34(36(43)44)47-37(3,4)5)41-18-16-38(6,17-19-41)45-20-8-7-11-25(2)46-33-28(14-10-15-29(33)39)26-12-9-13-27(30)22-26/h7-10,12-15,21-23,25,34H,11,16-20H2,1-6H3,(H,43,44)/b8-7+/t25-,34+/m1/s1. The van der Waals surface area contributed by atoms with Gasteiger partial charge in [-0.2, -0.15) is 0 Å². The highest BCUT2D eigenvalue weighted by Gasteiger charge is 2.37. The van der Waals surface area contributed by atoms with E-state index in [1.54, 1.807) is 6.07 Å². The molecule has 248 valence electrons. The van der Waals surface area contributed by atoms with Crippen LogP contribution in [0.25, 0.3) is 28.0 Å². The number of nitrogens with zero attached hydrogens (tertiary/aromatic N) is 3. The van der Waals surface area contributed by atoms with E-state index in [0.29, 0.717) is 48.6 Å². The fourth-order valence-electron chi connectivity index (χ4n) is 6.51. The maximum atomic E-state index is 15.2. The number of carboxylic acid groups (broad SMARTS) is 1. The summed E-state index contributed by atoms with van der Waals surface area (Å²) in [6, 6.07) is 14.7. The number of imidazole rings is 1. The zero-order chi connectivity index (χ0) is 33.5. The molecule has 3 aliphatic heterocycles. The SMILES string of the molecule is Cc1cc2nc3cn2c(c1[C@H](OC(C)(C)C)C(=O)O)N1CCC(C)(CC1)OC/C=C/C[C@@H](C)Oc1c(F)cccc1-c1cccc-3c1. The molecule has 6 bridgehead atoms. The average Bonchev–Trinajstić information content (AvgIpc) is 3.43. The van der Waals surface area contributed by atoms with E-state index in [4.69, 9.17) is 19.2 Å². The second-order valence-corrected chi connectivity index (χ2v) is 13.9. The van der Waals surface area contributed by atoms with Gasteiger partial charge in [0, 0.05) is 42.4 Å². The lowest BCUT2D eigenvalue weighted by molar-refractivity contribution is -0.160. The highest BCUT2D eigenvalue weighted by Crippen LogP contribution is 2.40. The number of aryl methyl sites for hydroxylation is 1. The number of para-hydroxylation sites is 1. The topological polar surface area (TPSA) is 85.5 Å². The summed E-state index contributed by atoms with van der Waals surface area (Å²) < 4.78 is 36.0. The van der Waals surface area contributed by atoms with Gasteiger partial charge in [0.2, 0.25) is 0 Å². The molecule has 7 rings (SSSR count). The first-order valence-corrected chi connectivity index (χ1v) is 16.3. The predicted molar refractivity (Wildman–Crippen MR) is 182 cm³/mol. The van der Waals surface area contributed by atoms with Gasteiger partial charge in [-0.3, -0.25) is 4.40 Å². The summed E-state index contributed by atoms with van der Waals surface area (Å²) in [5, 5.41) is 10.5. The Balaban J connectivity index is 1.55. The molecule has 5 heterocycles. The van der Waals surface area contributed by atoms with E-state index >= 15 is 4.39 Å². The van der Waals surface area contributed by atoms with Gasteiger partial charge in [-0.05, 0) is 83.7 Å². The van der Waals surface area contributed by atoms with Crippen LogP contribution < -0.4 is 9.64 Å². The molecule has 47 heavy (non-hydrogen) atoms. The normalized spacial score (nSPS) is 21.7. The van der Waals surface area contributed by atoms with Gasteiger partial charge >= 0.3 is 5.97 Å². The Kier molecular flexibility index (Phi) is 8.89.